The van der Waals surface area contributed by atoms with E-state index < -0.39 is 5.82 Å². The summed E-state index contributed by atoms with van der Waals surface area (Å²) < 4.78 is 43.2. The number of para-hydroxylation sites is 1. The summed E-state index contributed by atoms with van der Waals surface area (Å²) in [5.74, 6) is -0.0399. The monoisotopic (exact) mass is 392 g/mol. The van der Waals surface area contributed by atoms with Gasteiger partial charge < -0.3 is 24.4 Å². The summed E-state index contributed by atoms with van der Waals surface area (Å²) in [6.45, 7) is 1.20. The molecule has 1 heterocycles. The van der Waals surface area contributed by atoms with E-state index in [4.69, 9.17) is 14.2 Å². The Balaban J connectivity index is 1.44. The van der Waals surface area contributed by atoms with E-state index in [0.29, 0.717) is 36.4 Å². The van der Waals surface area contributed by atoms with E-state index in [-0.39, 0.29) is 37.5 Å². The van der Waals surface area contributed by atoms with Crippen molar-refractivity contribution in [3.8, 4) is 11.5 Å². The fourth-order valence-electron chi connectivity index (χ4n) is 2.84. The highest BCUT2D eigenvalue weighted by atomic mass is 19.1. The van der Waals surface area contributed by atoms with Gasteiger partial charge in [0.15, 0.2) is 18.4 Å². The molecule has 1 aliphatic rings. The normalized spacial score (nSPS) is 12.7. The zero-order valence-electron chi connectivity index (χ0n) is 15.5. The van der Waals surface area contributed by atoms with Crippen LogP contribution in [0.3, 0.4) is 0 Å². The molecule has 0 fully saturated rings. The molecule has 0 aliphatic carbocycles. The van der Waals surface area contributed by atoms with Crippen molar-refractivity contribution in [2.45, 2.75) is 13.0 Å². The van der Waals surface area contributed by atoms with Crippen LogP contribution < -0.4 is 14.8 Å². The third-order valence-corrected chi connectivity index (χ3v) is 4.29. The van der Waals surface area contributed by atoms with E-state index in [1.54, 1.807) is 19.2 Å². The predicted molar refractivity (Wildman–Crippen MR) is 98.3 cm³/mol. The van der Waals surface area contributed by atoms with Gasteiger partial charge >= 0.3 is 6.03 Å². The molecule has 0 atom stereocenters. The van der Waals surface area contributed by atoms with Crippen LogP contribution >= 0.6 is 0 Å². The molecule has 8 heteroatoms. The van der Waals surface area contributed by atoms with E-state index in [1.165, 1.54) is 29.2 Å². The van der Waals surface area contributed by atoms with Crippen molar-refractivity contribution in [3.05, 3.63) is 59.2 Å². The Morgan fingerprint density at radius 1 is 1.29 bits per heavy atom. The third-order valence-electron chi connectivity index (χ3n) is 4.29. The molecule has 1 aliphatic heterocycles. The number of carbonyl (C=O) groups excluding carboxylic acids is 1. The molecule has 0 saturated carbocycles. The van der Waals surface area contributed by atoms with Crippen LogP contribution in [0.5, 0.6) is 11.5 Å². The van der Waals surface area contributed by atoms with Crippen LogP contribution in [-0.4, -0.2) is 44.5 Å². The molecule has 28 heavy (non-hydrogen) atoms. The van der Waals surface area contributed by atoms with Crippen LogP contribution in [0, 0.1) is 11.6 Å². The lowest BCUT2D eigenvalue weighted by Gasteiger charge is -2.21. The van der Waals surface area contributed by atoms with Crippen molar-refractivity contribution in [2.24, 2.45) is 0 Å². The maximum atomic E-state index is 13.7. The average molecular weight is 392 g/mol. The number of benzene rings is 2. The number of hydrogen-bond acceptors (Lipinski definition) is 4. The fourth-order valence-corrected chi connectivity index (χ4v) is 2.84. The Labute approximate surface area is 162 Å². The van der Waals surface area contributed by atoms with Crippen LogP contribution in [0.2, 0.25) is 0 Å². The highest BCUT2D eigenvalue weighted by molar-refractivity contribution is 5.73. The van der Waals surface area contributed by atoms with Crippen molar-refractivity contribution in [1.29, 1.82) is 0 Å². The Morgan fingerprint density at radius 3 is 2.93 bits per heavy atom. The van der Waals surface area contributed by atoms with Crippen molar-refractivity contribution in [3.63, 3.8) is 0 Å². The molecule has 0 unspecified atom stereocenters. The largest absolute Gasteiger partial charge is 0.489 e. The van der Waals surface area contributed by atoms with Crippen molar-refractivity contribution in [2.75, 3.05) is 33.5 Å². The minimum Gasteiger partial charge on any atom is -0.489 e. The van der Waals surface area contributed by atoms with E-state index in [1.807, 2.05) is 0 Å². The topological polar surface area (TPSA) is 60.0 Å². The van der Waals surface area contributed by atoms with Crippen LogP contribution in [0.15, 0.2) is 36.4 Å². The van der Waals surface area contributed by atoms with Crippen molar-refractivity contribution in [1.82, 2.24) is 10.2 Å². The summed E-state index contributed by atoms with van der Waals surface area (Å²) in [4.78, 5) is 13.6. The highest BCUT2D eigenvalue weighted by Gasteiger charge is 2.17. The number of hydrogen-bond donors (Lipinski definition) is 1. The molecule has 2 amide bonds. The number of halogens is 2. The van der Waals surface area contributed by atoms with Crippen LogP contribution in [-0.2, 0) is 17.8 Å². The van der Waals surface area contributed by atoms with E-state index in [9.17, 15) is 13.6 Å². The number of rotatable bonds is 7. The first-order chi connectivity index (χ1) is 13.5. The molecule has 3 rings (SSSR count). The van der Waals surface area contributed by atoms with Gasteiger partial charge in [-0.2, -0.15) is 0 Å². The standard InChI is InChI=1S/C20H22F2N2O4/c1-24(8-9-27-18-5-3-2-4-17(18)22)20(25)23-7-6-14-10-16(21)11-15-12-26-13-28-19(14)15/h2-5,10-11H,6-9,12-13H2,1H3,(H,23,25). The second-order valence-electron chi connectivity index (χ2n) is 6.35. The molecule has 2 aromatic carbocycles. The third kappa shape index (κ3) is 5.10. The van der Waals surface area contributed by atoms with Gasteiger partial charge in [0, 0.05) is 19.2 Å². The van der Waals surface area contributed by atoms with Crippen LogP contribution in [0.1, 0.15) is 11.1 Å². The number of carbonyl (C=O) groups is 1. The number of ether oxygens (including phenoxy) is 3. The quantitative estimate of drug-likeness (QED) is 0.787. The summed E-state index contributed by atoms with van der Waals surface area (Å²) in [5.41, 5.74) is 1.35. The highest BCUT2D eigenvalue weighted by Crippen LogP contribution is 2.29. The van der Waals surface area contributed by atoms with Crippen LogP contribution in [0.4, 0.5) is 13.6 Å². The predicted octanol–water partition coefficient (Wildman–Crippen LogP) is 3.09. The molecular weight excluding hydrogens is 370 g/mol. The number of urea groups is 1. The minimum absolute atomic E-state index is 0.128. The van der Waals surface area contributed by atoms with E-state index in [2.05, 4.69) is 5.32 Å². The molecule has 0 spiro atoms. The second-order valence-corrected chi connectivity index (χ2v) is 6.35. The number of amides is 2. The number of nitrogens with one attached hydrogen (secondary N) is 1. The zero-order chi connectivity index (χ0) is 19.9. The number of likely N-dealkylation sites (N-methyl/N-ethyl adjacent to an activating group) is 1. The SMILES string of the molecule is CN(CCOc1ccccc1F)C(=O)NCCc1cc(F)cc2c1OCOC2. The lowest BCUT2D eigenvalue weighted by atomic mass is 10.1. The summed E-state index contributed by atoms with van der Waals surface area (Å²) in [7, 11) is 1.62. The molecular formula is C20H22F2N2O4. The van der Waals surface area contributed by atoms with E-state index >= 15 is 0 Å². The summed E-state index contributed by atoms with van der Waals surface area (Å²) >= 11 is 0. The first-order valence-electron chi connectivity index (χ1n) is 8.92. The molecule has 2 aromatic rings. The Hall–Kier alpha value is -2.87. The molecule has 1 N–H and O–H groups in total. The molecule has 6 nitrogen and oxygen atoms in total. The van der Waals surface area contributed by atoms with Crippen molar-refractivity contribution >= 4 is 6.03 Å². The maximum Gasteiger partial charge on any atom is 0.317 e. The molecule has 0 saturated heterocycles. The fraction of sp³-hybridized carbons (Fsp3) is 0.350. The van der Waals surface area contributed by atoms with Gasteiger partial charge in [-0.15, -0.1) is 0 Å². The summed E-state index contributed by atoms with van der Waals surface area (Å²) in [6, 6.07) is 8.59. The molecule has 0 bridgehead atoms. The smallest absolute Gasteiger partial charge is 0.317 e. The lowest BCUT2D eigenvalue weighted by molar-refractivity contribution is -0.0172. The first-order valence-corrected chi connectivity index (χ1v) is 8.92. The number of fused-ring (bicyclic) bond motifs is 1. The maximum absolute atomic E-state index is 13.7. The Kier molecular flexibility index (Phi) is 6.65. The average Bonchev–Trinajstić information content (AvgIpc) is 2.69. The lowest BCUT2D eigenvalue weighted by Crippen LogP contribution is -2.40. The Morgan fingerprint density at radius 2 is 2.11 bits per heavy atom. The van der Waals surface area contributed by atoms with Gasteiger partial charge in [0.1, 0.15) is 18.2 Å². The second kappa shape index (κ2) is 9.36. The summed E-state index contributed by atoms with van der Waals surface area (Å²) in [5, 5.41) is 2.77. The van der Waals surface area contributed by atoms with Gasteiger partial charge in [0.05, 0.1) is 13.2 Å². The first kappa shape index (κ1) is 19.9. The molecule has 0 aromatic heterocycles. The van der Waals surface area contributed by atoms with Crippen LogP contribution in [0.25, 0.3) is 0 Å². The van der Waals surface area contributed by atoms with Gasteiger partial charge in [0.2, 0.25) is 0 Å². The Bertz CT molecular complexity index is 832. The van der Waals surface area contributed by atoms with E-state index in [0.717, 1.165) is 0 Å². The van der Waals surface area contributed by atoms with Gasteiger partial charge in [-0.3, -0.25) is 0 Å². The van der Waals surface area contributed by atoms with Gasteiger partial charge in [0.25, 0.3) is 0 Å². The number of nitrogens with zero attached hydrogens (tertiary/aromatic N) is 1. The van der Waals surface area contributed by atoms with Gasteiger partial charge in [-0.25, -0.2) is 13.6 Å². The summed E-state index contributed by atoms with van der Waals surface area (Å²) in [6.07, 6.45) is 0.422. The van der Waals surface area contributed by atoms with Gasteiger partial charge in [-0.05, 0) is 36.2 Å². The minimum atomic E-state index is -0.444. The van der Waals surface area contributed by atoms with Gasteiger partial charge in [-0.1, -0.05) is 12.1 Å². The molecule has 150 valence electrons. The molecule has 0 radical (unpaired) electrons. The zero-order valence-corrected chi connectivity index (χ0v) is 15.5. The van der Waals surface area contributed by atoms with Crippen molar-refractivity contribution < 1.29 is 27.8 Å².